The van der Waals surface area contributed by atoms with Crippen LogP contribution in [0.2, 0.25) is 0 Å². The van der Waals surface area contributed by atoms with Gasteiger partial charge in [-0.05, 0) is 50.6 Å². The molecule has 2 aromatic carbocycles. The molecule has 8 heteroatoms. The van der Waals surface area contributed by atoms with Crippen molar-refractivity contribution in [1.29, 1.82) is 5.26 Å². The van der Waals surface area contributed by atoms with Crippen molar-refractivity contribution in [3.8, 4) is 23.1 Å². The third-order valence-electron chi connectivity index (χ3n) is 5.00. The Labute approximate surface area is 197 Å². The molecule has 0 atom stereocenters. The molecule has 0 aliphatic carbocycles. The quantitative estimate of drug-likeness (QED) is 0.417. The summed E-state index contributed by atoms with van der Waals surface area (Å²) in [6.07, 6.45) is 0. The van der Waals surface area contributed by atoms with Gasteiger partial charge in [-0.25, -0.2) is 4.98 Å². The van der Waals surface area contributed by atoms with Crippen LogP contribution in [-0.2, 0) is 11.3 Å². The summed E-state index contributed by atoms with van der Waals surface area (Å²) < 4.78 is 5.17. The number of nitriles is 1. The van der Waals surface area contributed by atoms with Crippen molar-refractivity contribution in [3.05, 3.63) is 76.1 Å². The van der Waals surface area contributed by atoms with Crippen molar-refractivity contribution in [2.45, 2.75) is 38.0 Å². The smallest absolute Gasteiger partial charge is 0.270 e. The predicted octanol–water partition coefficient (Wildman–Crippen LogP) is 4.24. The molecule has 0 spiro atoms. The Morgan fingerprint density at radius 2 is 1.82 bits per heavy atom. The number of carbonyl (C=O) groups is 1. The van der Waals surface area contributed by atoms with E-state index >= 15 is 0 Å². The second-order valence-corrected chi connectivity index (χ2v) is 9.32. The van der Waals surface area contributed by atoms with Gasteiger partial charge < -0.3 is 14.6 Å². The van der Waals surface area contributed by atoms with Gasteiger partial charge in [0.15, 0.2) is 5.16 Å². The molecule has 1 amide bonds. The van der Waals surface area contributed by atoms with Gasteiger partial charge in [0.25, 0.3) is 5.56 Å². The lowest BCUT2D eigenvalue weighted by Crippen LogP contribution is -2.46. The number of aromatic nitrogens is 2. The summed E-state index contributed by atoms with van der Waals surface area (Å²) in [4.78, 5) is 34.5. The number of ether oxygens (including phenoxy) is 1. The van der Waals surface area contributed by atoms with E-state index in [2.05, 4.69) is 9.97 Å². The molecular weight excluding hydrogens is 436 g/mol. The molecule has 1 heterocycles. The lowest BCUT2D eigenvalue weighted by molar-refractivity contribution is -0.133. The molecule has 0 saturated carbocycles. The molecule has 0 unspecified atom stereocenters. The molecule has 0 bridgehead atoms. The zero-order valence-corrected chi connectivity index (χ0v) is 19.9. The number of rotatable bonds is 7. The van der Waals surface area contributed by atoms with Gasteiger partial charge in [-0.1, -0.05) is 42.1 Å². The predicted molar refractivity (Wildman–Crippen MR) is 129 cm³/mol. The Bertz CT molecular complexity index is 1210. The summed E-state index contributed by atoms with van der Waals surface area (Å²) in [5.41, 5.74) is 0.939. The number of hydrogen-bond acceptors (Lipinski definition) is 6. The number of nitrogens with one attached hydrogen (secondary N) is 1. The van der Waals surface area contributed by atoms with Crippen LogP contribution in [-0.4, -0.2) is 39.2 Å². The van der Waals surface area contributed by atoms with Crippen LogP contribution < -0.4 is 10.3 Å². The molecule has 170 valence electrons. The first-order valence-electron chi connectivity index (χ1n) is 10.4. The minimum atomic E-state index is -0.537. The number of hydrogen-bond donors (Lipinski definition) is 1. The summed E-state index contributed by atoms with van der Waals surface area (Å²) in [7, 11) is 1.56. The number of H-pyrrole nitrogens is 1. The molecule has 7 nitrogen and oxygen atoms in total. The molecule has 0 radical (unpaired) electrons. The minimum absolute atomic E-state index is 0.0729. The van der Waals surface area contributed by atoms with Gasteiger partial charge in [0.1, 0.15) is 17.4 Å². The Kier molecular flexibility index (Phi) is 7.56. The number of methoxy groups -OCH3 is 1. The average Bonchev–Trinajstić information content (AvgIpc) is 2.80. The summed E-state index contributed by atoms with van der Waals surface area (Å²) in [5.74, 6) is 0.679. The Morgan fingerprint density at radius 3 is 2.39 bits per heavy atom. The van der Waals surface area contributed by atoms with E-state index in [9.17, 15) is 14.9 Å². The molecule has 0 saturated heterocycles. The van der Waals surface area contributed by atoms with Crippen LogP contribution in [0.5, 0.6) is 5.75 Å². The lowest BCUT2D eigenvalue weighted by atomic mass is 10.0. The zero-order chi connectivity index (χ0) is 24.0. The molecular formula is C25H26N4O3S. The number of thioether (sulfide) groups is 1. The fourth-order valence-electron chi connectivity index (χ4n) is 3.26. The number of amides is 1. The highest BCUT2D eigenvalue weighted by molar-refractivity contribution is 7.99. The molecule has 0 fully saturated rings. The van der Waals surface area contributed by atoms with Crippen LogP contribution >= 0.6 is 11.8 Å². The van der Waals surface area contributed by atoms with Crippen molar-refractivity contribution in [3.63, 3.8) is 0 Å². The van der Waals surface area contributed by atoms with Crippen LogP contribution in [0, 0.1) is 11.3 Å². The first kappa shape index (κ1) is 24.1. The summed E-state index contributed by atoms with van der Waals surface area (Å²) >= 11 is 1.14. The largest absolute Gasteiger partial charge is 0.497 e. The van der Waals surface area contributed by atoms with E-state index < -0.39 is 5.56 Å². The van der Waals surface area contributed by atoms with Gasteiger partial charge in [0.2, 0.25) is 5.91 Å². The van der Waals surface area contributed by atoms with Crippen LogP contribution in [0.4, 0.5) is 0 Å². The Morgan fingerprint density at radius 1 is 1.15 bits per heavy atom. The van der Waals surface area contributed by atoms with Crippen molar-refractivity contribution in [2.24, 2.45) is 0 Å². The minimum Gasteiger partial charge on any atom is -0.497 e. The summed E-state index contributed by atoms with van der Waals surface area (Å²) in [5, 5.41) is 9.75. The number of aromatic amines is 1. The van der Waals surface area contributed by atoms with Gasteiger partial charge >= 0.3 is 0 Å². The van der Waals surface area contributed by atoms with Crippen molar-refractivity contribution in [2.75, 3.05) is 12.9 Å². The van der Waals surface area contributed by atoms with Crippen LogP contribution in [0.3, 0.4) is 0 Å². The Hall–Kier alpha value is -3.57. The van der Waals surface area contributed by atoms with E-state index in [0.717, 1.165) is 17.3 Å². The van der Waals surface area contributed by atoms with Crippen molar-refractivity contribution < 1.29 is 9.53 Å². The van der Waals surface area contributed by atoms with Crippen LogP contribution in [0.1, 0.15) is 31.9 Å². The first-order chi connectivity index (χ1) is 15.7. The molecule has 0 aliphatic heterocycles. The second kappa shape index (κ2) is 10.4. The fraction of sp³-hybridized carbons (Fsp3) is 0.280. The maximum atomic E-state index is 13.1. The molecule has 1 N–H and O–H groups in total. The van der Waals surface area contributed by atoms with E-state index in [0.29, 0.717) is 17.9 Å². The third-order valence-corrected chi connectivity index (χ3v) is 5.86. The fourth-order valence-corrected chi connectivity index (χ4v) is 3.99. The highest BCUT2D eigenvalue weighted by Crippen LogP contribution is 2.25. The summed E-state index contributed by atoms with van der Waals surface area (Å²) in [6, 6.07) is 18.7. The highest BCUT2D eigenvalue weighted by atomic mass is 32.2. The van der Waals surface area contributed by atoms with Crippen molar-refractivity contribution in [1.82, 2.24) is 14.9 Å². The van der Waals surface area contributed by atoms with Crippen LogP contribution in [0.25, 0.3) is 11.3 Å². The molecule has 3 aromatic rings. The average molecular weight is 463 g/mol. The van der Waals surface area contributed by atoms with E-state index in [-0.39, 0.29) is 33.6 Å². The topological polar surface area (TPSA) is 99.1 Å². The van der Waals surface area contributed by atoms with Crippen molar-refractivity contribution >= 4 is 17.7 Å². The molecule has 33 heavy (non-hydrogen) atoms. The van der Waals surface area contributed by atoms with Gasteiger partial charge in [-0.2, -0.15) is 5.26 Å². The van der Waals surface area contributed by atoms with E-state index in [1.54, 1.807) is 31.4 Å². The number of nitrogens with zero attached hydrogens (tertiary/aromatic N) is 3. The monoisotopic (exact) mass is 462 g/mol. The zero-order valence-electron chi connectivity index (χ0n) is 19.1. The van der Waals surface area contributed by atoms with Gasteiger partial charge in [0.05, 0.1) is 18.6 Å². The molecule has 1 aromatic heterocycles. The lowest BCUT2D eigenvalue weighted by Gasteiger charge is -2.36. The van der Waals surface area contributed by atoms with Gasteiger partial charge in [-0.3, -0.25) is 9.59 Å². The maximum Gasteiger partial charge on any atom is 0.270 e. The third kappa shape index (κ3) is 6.02. The van der Waals surface area contributed by atoms with Crippen LogP contribution in [0.15, 0.2) is 64.5 Å². The number of benzene rings is 2. The molecule has 3 rings (SSSR count). The normalized spacial score (nSPS) is 11.0. The maximum absolute atomic E-state index is 13.1. The van der Waals surface area contributed by atoms with E-state index in [1.165, 1.54) is 0 Å². The van der Waals surface area contributed by atoms with E-state index in [4.69, 9.17) is 4.74 Å². The van der Waals surface area contributed by atoms with Gasteiger partial charge in [0, 0.05) is 17.6 Å². The second-order valence-electron chi connectivity index (χ2n) is 8.36. The van der Waals surface area contributed by atoms with Gasteiger partial charge in [-0.15, -0.1) is 0 Å². The van der Waals surface area contributed by atoms with E-state index in [1.807, 2.05) is 62.1 Å². The standard InChI is InChI=1S/C25H26N4O3S/c1-25(2,3)29(15-17-8-6-5-7-9-17)21(30)16-33-24-27-22(20(14-26)23(31)28-24)18-10-12-19(32-4)13-11-18/h5-13H,15-16H2,1-4H3,(H,27,28,31). The SMILES string of the molecule is COc1ccc(-c2nc(SCC(=O)N(Cc3ccccc3)C(C)(C)C)[nH]c(=O)c2C#N)cc1. The number of carbonyl (C=O) groups excluding carboxylic acids is 1. The molecule has 0 aliphatic rings. The Balaban J connectivity index is 1.83. The highest BCUT2D eigenvalue weighted by Gasteiger charge is 2.27. The first-order valence-corrected chi connectivity index (χ1v) is 11.4. The summed E-state index contributed by atoms with van der Waals surface area (Å²) in [6.45, 7) is 6.45.